The number of nitrogens with one attached hydrogen (secondary N) is 1. The van der Waals surface area contributed by atoms with Crippen LogP contribution in [-0.4, -0.2) is 75.5 Å². The number of hydrogen-bond acceptors (Lipinski definition) is 5. The van der Waals surface area contributed by atoms with Gasteiger partial charge >= 0.3 is 18.0 Å². The van der Waals surface area contributed by atoms with Crippen LogP contribution < -0.4 is 5.32 Å². The number of hydrogen-bond donors (Lipinski definition) is 3. The molecular weight excluding hydrogens is 354 g/mol. The molecule has 1 aromatic carbocycles. The third kappa shape index (κ3) is 4.82. The number of imide groups is 1. The second kappa shape index (κ2) is 8.63. The molecule has 0 radical (unpaired) electrons. The van der Waals surface area contributed by atoms with E-state index in [9.17, 15) is 29.4 Å². The molecule has 0 bridgehead atoms. The number of carbonyl (C=O) groups excluding carboxylic acids is 2. The van der Waals surface area contributed by atoms with E-state index in [0.717, 1.165) is 5.56 Å². The van der Waals surface area contributed by atoms with Gasteiger partial charge in [-0.3, -0.25) is 14.9 Å². The number of carboxylic acids is 2. The quantitative estimate of drug-likeness (QED) is 0.595. The molecule has 146 valence electrons. The zero-order chi connectivity index (χ0) is 22.6. The minimum absolute atomic E-state index is 0.147. The number of aliphatic carboxylic acids is 2. The number of likely N-dealkylation sites (N-methyl/N-ethyl adjacent to an activating group) is 1. The molecule has 0 aliphatic carbocycles. The fourth-order valence-electron chi connectivity index (χ4n) is 2.85. The first-order valence-electron chi connectivity index (χ1n) is 9.83. The van der Waals surface area contributed by atoms with Gasteiger partial charge in [-0.1, -0.05) is 30.3 Å². The molecule has 3 atom stereocenters. The predicted octanol–water partition coefficient (Wildman–Crippen LogP) is 0.398. The summed E-state index contributed by atoms with van der Waals surface area (Å²) in [6.45, 7) is -2.29. The first-order valence-corrected chi connectivity index (χ1v) is 8.33. The molecule has 27 heavy (non-hydrogen) atoms. The maximum Gasteiger partial charge on any atom is 0.328 e. The Morgan fingerprint density at radius 1 is 1.30 bits per heavy atom. The molecule has 0 unspecified atom stereocenters. The maximum atomic E-state index is 12.8. The number of carbonyl (C=O) groups is 4. The number of rotatable bonds is 8. The lowest BCUT2D eigenvalue weighted by Gasteiger charge is -2.25. The Kier molecular flexibility index (Phi) is 5.19. The van der Waals surface area contributed by atoms with E-state index in [-0.39, 0.29) is 6.42 Å². The molecule has 1 aromatic rings. The van der Waals surface area contributed by atoms with Crippen LogP contribution in [0.1, 0.15) is 23.0 Å². The van der Waals surface area contributed by atoms with Crippen LogP contribution >= 0.6 is 0 Å². The Balaban J connectivity index is 2.12. The van der Waals surface area contributed by atoms with Crippen LogP contribution in [0.25, 0.3) is 0 Å². The second-order valence-corrected chi connectivity index (χ2v) is 6.26. The molecule has 3 amide bonds. The van der Waals surface area contributed by atoms with Gasteiger partial charge in [-0.25, -0.2) is 14.5 Å². The fraction of sp³-hybridized carbons (Fsp3) is 0.444. The summed E-state index contributed by atoms with van der Waals surface area (Å²) in [5.74, 6) is -3.75. The van der Waals surface area contributed by atoms with Crippen molar-refractivity contribution >= 4 is 23.9 Å². The Morgan fingerprint density at radius 3 is 2.52 bits per heavy atom. The lowest BCUT2D eigenvalue weighted by Crippen LogP contribution is -2.54. The van der Waals surface area contributed by atoms with Crippen LogP contribution in [-0.2, 0) is 20.8 Å². The van der Waals surface area contributed by atoms with Gasteiger partial charge in [-0.2, -0.15) is 0 Å². The average Bonchev–Trinajstić information content (AvgIpc) is 3.02. The third-order valence-electron chi connectivity index (χ3n) is 4.31. The average molecular weight is 380 g/mol. The molecule has 1 aliphatic rings. The largest absolute Gasteiger partial charge is 0.480 e. The molecule has 1 fully saturated rings. The van der Waals surface area contributed by atoms with E-state index in [0.29, 0.717) is 16.2 Å². The molecule has 1 saturated heterocycles. The predicted molar refractivity (Wildman–Crippen MR) is 95.1 cm³/mol. The third-order valence-corrected chi connectivity index (χ3v) is 4.31. The first-order chi connectivity index (χ1) is 13.9. The summed E-state index contributed by atoms with van der Waals surface area (Å²) in [6, 6.07) is 3.81. The number of amides is 3. The number of aryl methyl sites for hydroxylation is 1. The molecule has 3 N–H and O–H groups in total. The van der Waals surface area contributed by atoms with Crippen LogP contribution in [0, 0.1) is 0 Å². The topological polar surface area (TPSA) is 127 Å². The van der Waals surface area contributed by atoms with Gasteiger partial charge in [-0.05, 0) is 25.3 Å². The zero-order valence-corrected chi connectivity index (χ0v) is 14.7. The highest BCUT2D eigenvalue weighted by Crippen LogP contribution is 2.17. The summed E-state index contributed by atoms with van der Waals surface area (Å²) < 4.78 is 22.0. The van der Waals surface area contributed by atoms with Crippen LogP contribution in [0.2, 0.25) is 0 Å². The summed E-state index contributed by atoms with van der Waals surface area (Å²) >= 11 is 0. The number of nitrogens with zero attached hydrogens (tertiary/aromatic N) is 2. The van der Waals surface area contributed by atoms with Crippen LogP contribution in [0.15, 0.2) is 30.3 Å². The van der Waals surface area contributed by atoms with Crippen molar-refractivity contribution in [2.75, 3.05) is 13.5 Å². The molecular formula is C18H23N3O6. The number of benzene rings is 1. The minimum Gasteiger partial charge on any atom is -0.480 e. The monoisotopic (exact) mass is 380 g/mol. The normalized spacial score (nSPS) is 21.1. The molecule has 0 aromatic heterocycles. The van der Waals surface area contributed by atoms with Crippen molar-refractivity contribution in [3.05, 3.63) is 35.9 Å². The van der Waals surface area contributed by atoms with E-state index in [2.05, 4.69) is 5.32 Å². The Hall–Kier alpha value is -2.94. The standard InChI is InChI=1S/C18H23N3O6/c1-11(15(22)21-14(17(25)26)10-20(2)18(21)27)19-13(16(23)24)9-8-12-6-4-3-5-7-12/h3-7,11,13-14,19H,8-10H2,1-2H3,(H,23,24)(H,25,26)/t11-,13-,14-/m0/s1/i2D3. The smallest absolute Gasteiger partial charge is 0.328 e. The van der Waals surface area contributed by atoms with Gasteiger partial charge in [0.2, 0.25) is 5.91 Å². The molecule has 1 heterocycles. The highest BCUT2D eigenvalue weighted by molar-refractivity contribution is 6.02. The molecule has 0 spiro atoms. The van der Waals surface area contributed by atoms with Gasteiger partial charge < -0.3 is 15.1 Å². The number of urea groups is 1. The van der Waals surface area contributed by atoms with E-state index in [1.165, 1.54) is 6.92 Å². The summed E-state index contributed by atoms with van der Waals surface area (Å²) in [7, 11) is 0. The van der Waals surface area contributed by atoms with E-state index in [4.69, 9.17) is 4.11 Å². The molecule has 9 heteroatoms. The summed E-state index contributed by atoms with van der Waals surface area (Å²) in [5, 5.41) is 21.4. The Morgan fingerprint density at radius 2 is 1.96 bits per heavy atom. The van der Waals surface area contributed by atoms with Crippen molar-refractivity contribution in [3.8, 4) is 0 Å². The van der Waals surface area contributed by atoms with Gasteiger partial charge in [0.1, 0.15) is 6.04 Å². The molecule has 2 rings (SSSR count). The maximum absolute atomic E-state index is 12.8. The van der Waals surface area contributed by atoms with Crippen molar-refractivity contribution < 1.29 is 33.5 Å². The van der Waals surface area contributed by atoms with E-state index in [1.807, 2.05) is 30.3 Å². The van der Waals surface area contributed by atoms with Crippen molar-refractivity contribution in [2.45, 2.75) is 37.9 Å². The van der Waals surface area contributed by atoms with Gasteiger partial charge in [0.05, 0.1) is 12.6 Å². The summed E-state index contributed by atoms with van der Waals surface area (Å²) in [5.41, 5.74) is 0.901. The highest BCUT2D eigenvalue weighted by Gasteiger charge is 2.45. The summed E-state index contributed by atoms with van der Waals surface area (Å²) in [6.07, 6.45) is 0.563. The second-order valence-electron chi connectivity index (χ2n) is 6.26. The van der Waals surface area contributed by atoms with Gasteiger partial charge in [0.25, 0.3) is 0 Å². The van der Waals surface area contributed by atoms with E-state index in [1.54, 1.807) is 0 Å². The molecule has 0 saturated carbocycles. The van der Waals surface area contributed by atoms with Gasteiger partial charge in [0, 0.05) is 11.1 Å². The van der Waals surface area contributed by atoms with Crippen LogP contribution in [0.3, 0.4) is 0 Å². The van der Waals surface area contributed by atoms with E-state index < -0.39 is 55.5 Å². The van der Waals surface area contributed by atoms with Crippen molar-refractivity contribution in [3.63, 3.8) is 0 Å². The van der Waals surface area contributed by atoms with E-state index >= 15 is 0 Å². The Labute approximate surface area is 160 Å². The molecule has 9 nitrogen and oxygen atoms in total. The van der Waals surface area contributed by atoms with Crippen molar-refractivity contribution in [1.29, 1.82) is 0 Å². The lowest BCUT2D eigenvalue weighted by atomic mass is 10.0. The van der Waals surface area contributed by atoms with Crippen molar-refractivity contribution in [2.24, 2.45) is 0 Å². The minimum atomic E-state index is -2.91. The first kappa shape index (κ1) is 16.2. The van der Waals surface area contributed by atoms with Crippen LogP contribution in [0.5, 0.6) is 0 Å². The Bertz CT molecular complexity index is 817. The zero-order valence-electron chi connectivity index (χ0n) is 17.7. The van der Waals surface area contributed by atoms with Crippen LogP contribution in [0.4, 0.5) is 4.79 Å². The highest BCUT2D eigenvalue weighted by atomic mass is 16.4. The number of carboxylic acid groups (broad SMARTS) is 2. The van der Waals surface area contributed by atoms with Gasteiger partial charge in [0.15, 0.2) is 6.04 Å². The summed E-state index contributed by atoms with van der Waals surface area (Å²) in [4.78, 5) is 48.9. The van der Waals surface area contributed by atoms with Gasteiger partial charge in [-0.15, -0.1) is 0 Å². The van der Waals surface area contributed by atoms with Crippen molar-refractivity contribution in [1.82, 2.24) is 15.1 Å². The SMILES string of the molecule is [2H]C([2H])([2H])N1C[C@@H](C(=O)O)N(C(=O)[C@H](C)N[C@@H](CCc2ccccc2)C(=O)O)C1=O. The fourth-order valence-corrected chi connectivity index (χ4v) is 2.85. The lowest BCUT2D eigenvalue weighted by molar-refractivity contribution is -0.147. The molecule has 1 aliphatic heterocycles.